The molecule has 35 heavy (non-hydrogen) atoms. The number of hydrogen-bond acceptors (Lipinski definition) is 12. The molecular weight excluding hydrogens is 464 g/mol. The van der Waals surface area contributed by atoms with E-state index in [1.54, 1.807) is 41.5 Å². The Bertz CT molecular complexity index is 860. The van der Waals surface area contributed by atoms with E-state index < -0.39 is 46.6 Å². The molecule has 0 aliphatic heterocycles. The Hall–Kier alpha value is -4.10. The zero-order chi connectivity index (χ0) is 27.0. The highest BCUT2D eigenvalue weighted by Crippen LogP contribution is 2.09. The maximum Gasteiger partial charge on any atom is 0.349 e. The molecule has 196 valence electrons. The Morgan fingerprint density at radius 3 is 1.23 bits per heavy atom. The molecular formula is C21H34N6O8. The summed E-state index contributed by atoms with van der Waals surface area (Å²) in [6.45, 7) is 9.85. The normalized spacial score (nSPS) is 14.6. The van der Waals surface area contributed by atoms with Crippen molar-refractivity contribution in [2.45, 2.75) is 48.0 Å². The number of rotatable bonds is 14. The van der Waals surface area contributed by atoms with Crippen LogP contribution < -0.4 is 11.5 Å². The summed E-state index contributed by atoms with van der Waals surface area (Å²) in [6.07, 6.45) is 0.152. The molecule has 0 amide bonds. The molecule has 0 bridgehead atoms. The number of nitrogens with zero attached hydrogens (tertiary/aromatic N) is 4. The number of ether oxygens (including phenoxy) is 4. The molecule has 0 radical (unpaired) electrons. The number of amidine groups is 2. The van der Waals surface area contributed by atoms with E-state index in [2.05, 4.69) is 20.4 Å². The minimum atomic E-state index is -0.920. The smallest absolute Gasteiger partial charge is 0.349 e. The first-order chi connectivity index (χ1) is 16.5. The van der Waals surface area contributed by atoms with Crippen LogP contribution in [0.3, 0.4) is 0 Å². The average molecular weight is 499 g/mol. The van der Waals surface area contributed by atoms with Gasteiger partial charge < -0.3 is 40.6 Å². The zero-order valence-electron chi connectivity index (χ0n) is 20.8. The molecule has 0 saturated heterocycles. The van der Waals surface area contributed by atoms with Crippen LogP contribution >= 0.6 is 0 Å². The van der Waals surface area contributed by atoms with Crippen molar-refractivity contribution in [2.75, 3.05) is 26.4 Å². The van der Waals surface area contributed by atoms with Crippen molar-refractivity contribution in [3.8, 4) is 0 Å². The van der Waals surface area contributed by atoms with Crippen molar-refractivity contribution in [2.24, 2.45) is 31.9 Å². The van der Waals surface area contributed by atoms with E-state index in [-0.39, 0.29) is 32.8 Å². The second-order valence-corrected chi connectivity index (χ2v) is 6.49. The van der Waals surface area contributed by atoms with E-state index in [1.165, 1.54) is 0 Å². The monoisotopic (exact) mass is 498 g/mol. The molecule has 0 atom stereocenters. The van der Waals surface area contributed by atoms with Crippen LogP contribution in [0.2, 0.25) is 0 Å². The molecule has 0 rings (SSSR count). The number of carbonyl (C=O) groups excluding carboxylic acids is 2. The Morgan fingerprint density at radius 2 is 0.943 bits per heavy atom. The van der Waals surface area contributed by atoms with E-state index in [0.29, 0.717) is 11.4 Å². The molecule has 0 fully saturated rings. The molecule has 0 saturated carbocycles. The topological polar surface area (TPSA) is 213 Å². The number of carbonyl (C=O) groups is 2. The van der Waals surface area contributed by atoms with Crippen molar-refractivity contribution < 1.29 is 38.7 Å². The second kappa shape index (κ2) is 16.5. The maximum atomic E-state index is 12.1. The van der Waals surface area contributed by atoms with E-state index >= 15 is 0 Å². The zero-order valence-corrected chi connectivity index (χ0v) is 20.8. The van der Waals surface area contributed by atoms with Gasteiger partial charge in [0.25, 0.3) is 11.9 Å². The lowest BCUT2D eigenvalue weighted by Crippen LogP contribution is -2.25. The lowest BCUT2D eigenvalue weighted by Gasteiger charge is -2.09. The van der Waals surface area contributed by atoms with Crippen LogP contribution in [0, 0.1) is 0 Å². The first kappa shape index (κ1) is 30.9. The van der Waals surface area contributed by atoms with Crippen LogP contribution in [0.1, 0.15) is 48.0 Å². The number of aliphatic hydroxyl groups excluding tert-OH is 2. The standard InChI is InChI=1S/C21H34N6O8/c1-7-32-18(28)14(19(29)33-8-2)16(22)26-24-12(5)11-13(6)25-27-17(23)15(20(30)34-9-3)21(31)35-10-4/h28,30H,7-11H2,1-6H3,(H2,22,26)(H2,23,27)/b18-14-,20-15-,24-12+,25-13+. The van der Waals surface area contributed by atoms with Gasteiger partial charge in [0.15, 0.2) is 22.8 Å². The van der Waals surface area contributed by atoms with Gasteiger partial charge in [-0.15, -0.1) is 10.2 Å². The summed E-state index contributed by atoms with van der Waals surface area (Å²) in [5.74, 6) is -4.14. The Labute approximate surface area is 203 Å². The first-order valence-corrected chi connectivity index (χ1v) is 10.7. The fourth-order valence-corrected chi connectivity index (χ4v) is 2.25. The third-order valence-electron chi connectivity index (χ3n) is 3.63. The third kappa shape index (κ3) is 11.0. The maximum absolute atomic E-state index is 12.1. The van der Waals surface area contributed by atoms with Crippen LogP contribution in [0.4, 0.5) is 0 Å². The lowest BCUT2D eigenvalue weighted by atomic mass is 10.2. The summed E-state index contributed by atoms with van der Waals surface area (Å²) in [6, 6.07) is 0. The molecule has 0 aromatic carbocycles. The fraction of sp³-hybridized carbons (Fsp3) is 0.524. The molecule has 6 N–H and O–H groups in total. The van der Waals surface area contributed by atoms with Crippen molar-refractivity contribution >= 4 is 35.0 Å². The van der Waals surface area contributed by atoms with Crippen LogP contribution in [0.15, 0.2) is 43.4 Å². The van der Waals surface area contributed by atoms with Crippen LogP contribution in [-0.4, -0.2) is 71.7 Å². The molecule has 0 unspecified atom stereocenters. The summed E-state index contributed by atoms with van der Waals surface area (Å²) in [7, 11) is 0. The Morgan fingerprint density at radius 1 is 0.629 bits per heavy atom. The molecule has 0 aromatic heterocycles. The summed E-state index contributed by atoms with van der Waals surface area (Å²) in [5.41, 5.74) is 11.5. The van der Waals surface area contributed by atoms with Crippen LogP contribution in [0.5, 0.6) is 0 Å². The average Bonchev–Trinajstić information content (AvgIpc) is 2.77. The second-order valence-electron chi connectivity index (χ2n) is 6.49. The first-order valence-electron chi connectivity index (χ1n) is 10.7. The molecule has 0 aromatic rings. The van der Waals surface area contributed by atoms with E-state index in [9.17, 15) is 19.8 Å². The molecule has 14 nitrogen and oxygen atoms in total. The molecule has 0 heterocycles. The van der Waals surface area contributed by atoms with E-state index in [1.807, 2.05) is 0 Å². The summed E-state index contributed by atoms with van der Waals surface area (Å²) >= 11 is 0. The number of aliphatic hydroxyl groups is 2. The summed E-state index contributed by atoms with van der Waals surface area (Å²) in [4.78, 5) is 24.1. The van der Waals surface area contributed by atoms with Gasteiger partial charge in [-0.1, -0.05) is 0 Å². The summed E-state index contributed by atoms with van der Waals surface area (Å²) in [5, 5.41) is 35.2. The van der Waals surface area contributed by atoms with Crippen molar-refractivity contribution in [1.82, 2.24) is 0 Å². The highest BCUT2D eigenvalue weighted by Gasteiger charge is 2.24. The lowest BCUT2D eigenvalue weighted by molar-refractivity contribution is -0.139. The van der Waals surface area contributed by atoms with Gasteiger partial charge in [-0.05, 0) is 41.5 Å². The van der Waals surface area contributed by atoms with Crippen molar-refractivity contribution in [3.05, 3.63) is 23.0 Å². The Kier molecular flexibility index (Phi) is 14.6. The van der Waals surface area contributed by atoms with E-state index in [4.69, 9.17) is 30.4 Å². The predicted molar refractivity (Wildman–Crippen MR) is 130 cm³/mol. The quantitative estimate of drug-likeness (QED) is 0.0677. The van der Waals surface area contributed by atoms with Gasteiger partial charge >= 0.3 is 11.9 Å². The molecule has 0 spiro atoms. The minimum absolute atomic E-state index is 0.0477. The van der Waals surface area contributed by atoms with Crippen LogP contribution in [-0.2, 0) is 28.5 Å². The Balaban J connectivity index is 5.77. The molecule has 0 aliphatic carbocycles. The van der Waals surface area contributed by atoms with E-state index in [0.717, 1.165) is 0 Å². The van der Waals surface area contributed by atoms with Gasteiger partial charge in [-0.3, -0.25) is 0 Å². The number of esters is 2. The van der Waals surface area contributed by atoms with Gasteiger partial charge in [-0.2, -0.15) is 10.2 Å². The van der Waals surface area contributed by atoms with Gasteiger partial charge in [0.1, 0.15) is 0 Å². The minimum Gasteiger partial charge on any atom is -0.480 e. The van der Waals surface area contributed by atoms with Gasteiger partial charge in [-0.25, -0.2) is 9.59 Å². The van der Waals surface area contributed by atoms with Crippen molar-refractivity contribution in [3.63, 3.8) is 0 Å². The molecule has 0 aliphatic rings. The summed E-state index contributed by atoms with van der Waals surface area (Å²) < 4.78 is 19.5. The van der Waals surface area contributed by atoms with Gasteiger partial charge in [0.05, 0.1) is 26.4 Å². The third-order valence-corrected chi connectivity index (χ3v) is 3.63. The van der Waals surface area contributed by atoms with Crippen LogP contribution in [0.25, 0.3) is 0 Å². The van der Waals surface area contributed by atoms with Gasteiger partial charge in [0, 0.05) is 17.8 Å². The number of nitrogens with two attached hydrogens (primary N) is 2. The highest BCUT2D eigenvalue weighted by molar-refractivity contribution is 6.19. The molecule has 14 heteroatoms. The predicted octanol–water partition coefficient (Wildman–Crippen LogP) is 1.58. The SMILES string of the molecule is CCOC(=O)C(/C(N)=N/N=C(\C)C/C(C)=N/N=C(N)/C(C(=O)OCC)=C(\O)OCC)=C(/O)OCC. The highest BCUT2D eigenvalue weighted by atomic mass is 16.6. The fourth-order valence-electron chi connectivity index (χ4n) is 2.25. The van der Waals surface area contributed by atoms with Gasteiger partial charge in [0.2, 0.25) is 0 Å². The van der Waals surface area contributed by atoms with Crippen molar-refractivity contribution in [1.29, 1.82) is 0 Å². The largest absolute Gasteiger partial charge is 0.480 e. The number of hydrogen-bond donors (Lipinski definition) is 4.